The zero-order valence-corrected chi connectivity index (χ0v) is 14.3. The van der Waals surface area contributed by atoms with Crippen molar-refractivity contribution >= 4 is 0 Å². The molecule has 0 saturated carbocycles. The second-order valence-electron chi connectivity index (χ2n) is 6.07. The van der Waals surface area contributed by atoms with Crippen molar-refractivity contribution in [2.45, 2.75) is 12.2 Å². The highest BCUT2D eigenvalue weighted by molar-refractivity contribution is 5.46. The molecule has 0 aliphatic carbocycles. The first-order valence-electron chi connectivity index (χ1n) is 8.32. The Hall–Kier alpha value is -2.78. The summed E-state index contributed by atoms with van der Waals surface area (Å²) in [5.41, 5.74) is 4.69. The van der Waals surface area contributed by atoms with Gasteiger partial charge in [-0.25, -0.2) is 0 Å². The highest BCUT2D eigenvalue weighted by Crippen LogP contribution is 2.45. The highest BCUT2D eigenvalue weighted by atomic mass is 16.5. The van der Waals surface area contributed by atoms with Crippen LogP contribution in [0.5, 0.6) is 11.5 Å². The molecule has 0 saturated heterocycles. The van der Waals surface area contributed by atoms with Crippen molar-refractivity contribution in [1.29, 1.82) is 0 Å². The van der Waals surface area contributed by atoms with Gasteiger partial charge in [0.25, 0.3) is 0 Å². The summed E-state index contributed by atoms with van der Waals surface area (Å²) in [5, 5.41) is 0. The van der Waals surface area contributed by atoms with Crippen LogP contribution < -0.4 is 9.47 Å². The van der Waals surface area contributed by atoms with Crippen LogP contribution in [0, 0.1) is 0 Å². The summed E-state index contributed by atoms with van der Waals surface area (Å²) >= 11 is 0. The number of hydrogen-bond acceptors (Lipinski definition) is 3. The average molecular weight is 332 g/mol. The molecular weight excluding hydrogens is 312 g/mol. The molecule has 25 heavy (non-hydrogen) atoms. The second-order valence-corrected chi connectivity index (χ2v) is 6.07. The number of hydrogen-bond donors (Lipinski definition) is 0. The lowest BCUT2D eigenvalue weighted by atomic mass is 9.95. The minimum absolute atomic E-state index is 0.0748. The van der Waals surface area contributed by atoms with Crippen LogP contribution in [-0.2, 0) is 4.74 Å². The average Bonchev–Trinajstić information content (AvgIpc) is 3.08. The molecule has 3 aromatic carbocycles. The fourth-order valence-electron chi connectivity index (χ4n) is 3.34. The van der Waals surface area contributed by atoms with Crippen molar-refractivity contribution < 1.29 is 14.2 Å². The van der Waals surface area contributed by atoms with Crippen LogP contribution >= 0.6 is 0 Å². The van der Waals surface area contributed by atoms with E-state index in [1.165, 1.54) is 11.1 Å². The maximum absolute atomic E-state index is 6.47. The van der Waals surface area contributed by atoms with E-state index < -0.39 is 0 Å². The first kappa shape index (κ1) is 15.7. The van der Waals surface area contributed by atoms with Gasteiger partial charge in [-0.3, -0.25) is 0 Å². The van der Waals surface area contributed by atoms with E-state index in [0.717, 1.165) is 22.6 Å². The number of ether oxygens (including phenoxy) is 3. The maximum Gasteiger partial charge on any atom is 0.118 e. The fourth-order valence-corrected chi connectivity index (χ4v) is 3.34. The lowest BCUT2D eigenvalue weighted by Crippen LogP contribution is -2.02. The van der Waals surface area contributed by atoms with E-state index in [-0.39, 0.29) is 12.2 Å². The number of benzene rings is 3. The molecule has 1 aliphatic heterocycles. The molecule has 0 N–H and O–H groups in total. The Morgan fingerprint density at radius 2 is 1.00 bits per heavy atom. The third-order valence-corrected chi connectivity index (χ3v) is 4.67. The van der Waals surface area contributed by atoms with Crippen LogP contribution in [0.2, 0.25) is 0 Å². The Balaban J connectivity index is 1.71. The molecule has 0 bridgehead atoms. The van der Waals surface area contributed by atoms with Gasteiger partial charge < -0.3 is 14.2 Å². The summed E-state index contributed by atoms with van der Waals surface area (Å²) in [6, 6.07) is 24.6. The van der Waals surface area contributed by atoms with Crippen molar-refractivity contribution in [2.75, 3.05) is 14.2 Å². The minimum atomic E-state index is -0.0748. The third-order valence-electron chi connectivity index (χ3n) is 4.67. The topological polar surface area (TPSA) is 27.7 Å². The Kier molecular flexibility index (Phi) is 4.16. The van der Waals surface area contributed by atoms with Gasteiger partial charge in [-0.1, -0.05) is 48.5 Å². The van der Waals surface area contributed by atoms with Gasteiger partial charge in [-0.05, 0) is 46.5 Å². The van der Waals surface area contributed by atoms with Gasteiger partial charge in [0.15, 0.2) is 0 Å². The molecule has 126 valence electrons. The standard InChI is InChI=1S/C22H20O3/c1-23-17-11-7-15(8-12-17)21-19-5-3-4-6-20(19)22(25-21)16-9-13-18(24-2)14-10-16/h3-14,21-22H,1-2H3/t21-,22-/m1/s1. The van der Waals surface area contributed by atoms with Crippen LogP contribution in [-0.4, -0.2) is 14.2 Å². The van der Waals surface area contributed by atoms with Crippen LogP contribution in [0.3, 0.4) is 0 Å². The molecule has 2 atom stereocenters. The van der Waals surface area contributed by atoms with Gasteiger partial charge in [0.2, 0.25) is 0 Å². The van der Waals surface area contributed by atoms with Gasteiger partial charge in [-0.2, -0.15) is 0 Å². The minimum Gasteiger partial charge on any atom is -0.497 e. The van der Waals surface area contributed by atoms with Crippen molar-refractivity contribution in [3.8, 4) is 11.5 Å². The molecule has 0 spiro atoms. The van der Waals surface area contributed by atoms with Gasteiger partial charge in [0.1, 0.15) is 23.7 Å². The number of fused-ring (bicyclic) bond motifs is 1. The molecule has 0 fully saturated rings. The monoisotopic (exact) mass is 332 g/mol. The maximum atomic E-state index is 6.47. The van der Waals surface area contributed by atoms with E-state index in [1.807, 2.05) is 24.3 Å². The molecule has 0 amide bonds. The lowest BCUT2D eigenvalue weighted by molar-refractivity contribution is 0.0582. The first-order chi connectivity index (χ1) is 12.3. The second kappa shape index (κ2) is 6.61. The summed E-state index contributed by atoms with van der Waals surface area (Å²) in [6.45, 7) is 0. The summed E-state index contributed by atoms with van der Waals surface area (Å²) in [6.07, 6.45) is -0.150. The van der Waals surface area contributed by atoms with E-state index in [2.05, 4.69) is 48.5 Å². The highest BCUT2D eigenvalue weighted by Gasteiger charge is 2.33. The van der Waals surface area contributed by atoms with Crippen molar-refractivity contribution in [2.24, 2.45) is 0 Å². The smallest absolute Gasteiger partial charge is 0.118 e. The Labute approximate surface area is 147 Å². The summed E-state index contributed by atoms with van der Waals surface area (Å²) in [5.74, 6) is 1.70. The normalized spacial score (nSPS) is 18.6. The van der Waals surface area contributed by atoms with Crippen molar-refractivity contribution in [1.82, 2.24) is 0 Å². The van der Waals surface area contributed by atoms with Crippen LogP contribution in [0.1, 0.15) is 34.5 Å². The third kappa shape index (κ3) is 2.87. The Morgan fingerprint density at radius 3 is 1.36 bits per heavy atom. The van der Waals surface area contributed by atoms with Gasteiger partial charge in [0, 0.05) is 0 Å². The molecule has 3 heteroatoms. The van der Waals surface area contributed by atoms with Gasteiger partial charge in [-0.15, -0.1) is 0 Å². The molecule has 3 aromatic rings. The predicted octanol–water partition coefficient (Wildman–Crippen LogP) is 4.91. The van der Waals surface area contributed by atoms with Crippen LogP contribution in [0.4, 0.5) is 0 Å². The molecule has 0 radical (unpaired) electrons. The Morgan fingerprint density at radius 1 is 0.600 bits per heavy atom. The number of rotatable bonds is 4. The molecule has 0 unspecified atom stereocenters. The Bertz CT molecular complexity index is 781. The lowest BCUT2D eigenvalue weighted by Gasteiger charge is -2.16. The quantitative estimate of drug-likeness (QED) is 0.679. The zero-order valence-electron chi connectivity index (χ0n) is 14.3. The van der Waals surface area contributed by atoms with Crippen LogP contribution in [0.25, 0.3) is 0 Å². The van der Waals surface area contributed by atoms with E-state index in [4.69, 9.17) is 14.2 Å². The molecular formula is C22H20O3. The van der Waals surface area contributed by atoms with Crippen molar-refractivity contribution in [3.05, 3.63) is 95.1 Å². The predicted molar refractivity (Wildman–Crippen MR) is 97.2 cm³/mol. The molecule has 3 nitrogen and oxygen atoms in total. The van der Waals surface area contributed by atoms with Crippen LogP contribution in [0.15, 0.2) is 72.8 Å². The largest absolute Gasteiger partial charge is 0.497 e. The summed E-state index contributed by atoms with van der Waals surface area (Å²) in [4.78, 5) is 0. The summed E-state index contributed by atoms with van der Waals surface area (Å²) < 4.78 is 17.0. The number of methoxy groups -OCH3 is 2. The first-order valence-corrected chi connectivity index (χ1v) is 8.32. The summed E-state index contributed by atoms with van der Waals surface area (Å²) in [7, 11) is 3.35. The SMILES string of the molecule is COc1ccc([C@H]2O[C@H](c3ccc(OC)cc3)c3ccccc32)cc1. The van der Waals surface area contributed by atoms with Gasteiger partial charge in [0.05, 0.1) is 14.2 Å². The van der Waals surface area contributed by atoms with Gasteiger partial charge >= 0.3 is 0 Å². The van der Waals surface area contributed by atoms with E-state index in [0.29, 0.717) is 0 Å². The molecule has 4 rings (SSSR count). The van der Waals surface area contributed by atoms with Crippen molar-refractivity contribution in [3.63, 3.8) is 0 Å². The fraction of sp³-hybridized carbons (Fsp3) is 0.182. The molecule has 1 heterocycles. The molecule has 1 aliphatic rings. The molecule has 0 aromatic heterocycles. The van der Waals surface area contributed by atoms with E-state index in [9.17, 15) is 0 Å². The van der Waals surface area contributed by atoms with E-state index >= 15 is 0 Å². The van der Waals surface area contributed by atoms with E-state index in [1.54, 1.807) is 14.2 Å². The zero-order chi connectivity index (χ0) is 17.2.